The van der Waals surface area contributed by atoms with Gasteiger partial charge in [-0.25, -0.2) is 9.97 Å². The summed E-state index contributed by atoms with van der Waals surface area (Å²) in [6, 6.07) is 0.0804. The summed E-state index contributed by atoms with van der Waals surface area (Å²) in [5, 5.41) is 2.81. The molecule has 1 atom stereocenters. The molecule has 0 spiro atoms. The number of amides is 1. The molecule has 0 bridgehead atoms. The second-order valence-electron chi connectivity index (χ2n) is 3.36. The molecular weight excluding hydrogens is 196 g/mol. The maximum Gasteiger partial charge on any atom is 0.271 e. The van der Waals surface area contributed by atoms with Crippen LogP contribution in [0.15, 0.2) is 12.4 Å². The van der Waals surface area contributed by atoms with Crippen LogP contribution in [0.4, 0.5) is 5.82 Å². The predicted octanol–water partition coefficient (Wildman–Crippen LogP) is -0.423. The topological polar surface area (TPSA) is 90.1 Å². The van der Waals surface area contributed by atoms with Crippen LogP contribution in [0.1, 0.15) is 16.9 Å². The number of nitrogens with one attached hydrogen (secondary N) is 1. The number of carbonyl (C=O) groups excluding carboxylic acids is 1. The highest BCUT2D eigenvalue weighted by atomic mass is 16.5. The first-order valence-corrected chi connectivity index (χ1v) is 4.72. The summed E-state index contributed by atoms with van der Waals surface area (Å²) in [6.07, 6.45) is 3.56. The van der Waals surface area contributed by atoms with Gasteiger partial charge < -0.3 is 15.8 Å². The van der Waals surface area contributed by atoms with Crippen LogP contribution in [-0.4, -0.2) is 35.1 Å². The van der Waals surface area contributed by atoms with Crippen LogP contribution in [0.25, 0.3) is 0 Å². The summed E-state index contributed by atoms with van der Waals surface area (Å²) in [5.74, 6) is 0.0637. The highest BCUT2D eigenvalue weighted by Crippen LogP contribution is 2.04. The number of aromatic nitrogens is 2. The fraction of sp³-hybridized carbons (Fsp3) is 0.444. The molecular formula is C9H12N4O2. The van der Waals surface area contributed by atoms with Crippen molar-refractivity contribution in [2.75, 3.05) is 18.9 Å². The number of hydrogen-bond acceptors (Lipinski definition) is 5. The lowest BCUT2D eigenvalue weighted by molar-refractivity contribution is 0.0924. The Balaban J connectivity index is 1.98. The van der Waals surface area contributed by atoms with Gasteiger partial charge in [-0.2, -0.15) is 0 Å². The highest BCUT2D eigenvalue weighted by molar-refractivity contribution is 5.92. The minimum atomic E-state index is -0.238. The van der Waals surface area contributed by atoms with E-state index in [0.29, 0.717) is 19.0 Å². The fourth-order valence-electron chi connectivity index (χ4n) is 1.36. The summed E-state index contributed by atoms with van der Waals surface area (Å²) in [4.78, 5) is 19.3. The Bertz CT molecular complexity index is 346. The molecule has 6 nitrogen and oxygen atoms in total. The molecule has 1 aliphatic rings. The smallest absolute Gasteiger partial charge is 0.271 e. The van der Waals surface area contributed by atoms with Crippen molar-refractivity contribution in [1.82, 2.24) is 15.3 Å². The van der Waals surface area contributed by atoms with Crippen LogP contribution in [0.3, 0.4) is 0 Å². The highest BCUT2D eigenvalue weighted by Gasteiger charge is 2.19. The molecule has 1 aliphatic heterocycles. The van der Waals surface area contributed by atoms with E-state index in [2.05, 4.69) is 15.3 Å². The predicted molar refractivity (Wildman–Crippen MR) is 53.1 cm³/mol. The quantitative estimate of drug-likeness (QED) is 0.688. The number of hydrogen-bond donors (Lipinski definition) is 2. The molecule has 1 aromatic rings. The number of nitrogens with zero attached hydrogens (tertiary/aromatic N) is 2. The molecule has 1 amide bonds. The van der Waals surface area contributed by atoms with E-state index in [0.717, 1.165) is 6.42 Å². The van der Waals surface area contributed by atoms with Gasteiger partial charge >= 0.3 is 0 Å². The van der Waals surface area contributed by atoms with Crippen molar-refractivity contribution >= 4 is 11.7 Å². The van der Waals surface area contributed by atoms with E-state index < -0.39 is 0 Å². The number of rotatable bonds is 2. The zero-order chi connectivity index (χ0) is 10.7. The third-order valence-corrected chi connectivity index (χ3v) is 2.17. The summed E-state index contributed by atoms with van der Waals surface area (Å²) in [6.45, 7) is 1.26. The molecule has 80 valence electrons. The summed E-state index contributed by atoms with van der Waals surface area (Å²) >= 11 is 0. The Labute approximate surface area is 86.9 Å². The first-order chi connectivity index (χ1) is 7.25. The standard InChI is InChI=1S/C9H12N4O2/c10-8-4-11-7(3-12-8)9(14)13-6-1-2-15-5-6/h3-4,6H,1-2,5H2,(H2,10,12)(H,13,14). The Kier molecular flexibility index (Phi) is 2.77. The Hall–Kier alpha value is -1.69. The van der Waals surface area contributed by atoms with Crippen molar-refractivity contribution in [3.8, 4) is 0 Å². The van der Waals surface area contributed by atoms with Crippen LogP contribution in [-0.2, 0) is 4.74 Å². The van der Waals surface area contributed by atoms with Gasteiger partial charge in [0, 0.05) is 6.61 Å². The largest absolute Gasteiger partial charge is 0.382 e. The number of anilines is 1. The molecule has 0 aliphatic carbocycles. The van der Waals surface area contributed by atoms with Crippen LogP contribution in [0.5, 0.6) is 0 Å². The minimum absolute atomic E-state index is 0.0804. The molecule has 3 N–H and O–H groups in total. The third kappa shape index (κ3) is 2.41. The lowest BCUT2D eigenvalue weighted by Crippen LogP contribution is -2.35. The monoisotopic (exact) mass is 208 g/mol. The molecule has 0 radical (unpaired) electrons. The van der Waals surface area contributed by atoms with E-state index in [-0.39, 0.29) is 17.6 Å². The van der Waals surface area contributed by atoms with Crippen LogP contribution in [0.2, 0.25) is 0 Å². The number of ether oxygens (including phenoxy) is 1. The van der Waals surface area contributed by atoms with Gasteiger partial charge in [-0.15, -0.1) is 0 Å². The van der Waals surface area contributed by atoms with Gasteiger partial charge in [0.05, 0.1) is 25.0 Å². The summed E-state index contributed by atoms with van der Waals surface area (Å²) < 4.78 is 5.14. The zero-order valence-corrected chi connectivity index (χ0v) is 8.14. The van der Waals surface area contributed by atoms with E-state index in [1.54, 1.807) is 0 Å². The maximum absolute atomic E-state index is 11.6. The third-order valence-electron chi connectivity index (χ3n) is 2.17. The second-order valence-corrected chi connectivity index (χ2v) is 3.36. The molecule has 2 heterocycles. The van der Waals surface area contributed by atoms with Crippen molar-refractivity contribution in [3.63, 3.8) is 0 Å². The van der Waals surface area contributed by atoms with Crippen molar-refractivity contribution in [2.24, 2.45) is 0 Å². The van der Waals surface area contributed by atoms with Gasteiger partial charge in [0.15, 0.2) is 0 Å². The molecule has 1 saturated heterocycles. The van der Waals surface area contributed by atoms with Gasteiger partial charge in [0.25, 0.3) is 5.91 Å². The molecule has 6 heteroatoms. The average molecular weight is 208 g/mol. The minimum Gasteiger partial charge on any atom is -0.382 e. The average Bonchev–Trinajstić information content (AvgIpc) is 2.71. The Morgan fingerprint density at radius 3 is 3.00 bits per heavy atom. The van der Waals surface area contributed by atoms with E-state index in [1.807, 2.05) is 0 Å². The first kappa shape index (κ1) is 9.85. The maximum atomic E-state index is 11.6. The van der Waals surface area contributed by atoms with E-state index in [9.17, 15) is 4.79 Å². The first-order valence-electron chi connectivity index (χ1n) is 4.72. The summed E-state index contributed by atoms with van der Waals surface area (Å²) in [7, 11) is 0. The van der Waals surface area contributed by atoms with Gasteiger partial charge in [-0.3, -0.25) is 4.79 Å². The van der Waals surface area contributed by atoms with Crippen molar-refractivity contribution < 1.29 is 9.53 Å². The van der Waals surface area contributed by atoms with E-state index in [4.69, 9.17) is 10.5 Å². The van der Waals surface area contributed by atoms with Crippen molar-refractivity contribution in [1.29, 1.82) is 0 Å². The Morgan fingerprint density at radius 2 is 2.40 bits per heavy atom. The van der Waals surface area contributed by atoms with E-state index in [1.165, 1.54) is 12.4 Å². The van der Waals surface area contributed by atoms with Gasteiger partial charge in [-0.1, -0.05) is 0 Å². The normalized spacial score (nSPS) is 20.1. The molecule has 0 saturated carbocycles. The van der Waals surface area contributed by atoms with E-state index >= 15 is 0 Å². The van der Waals surface area contributed by atoms with Gasteiger partial charge in [0.1, 0.15) is 11.5 Å². The molecule has 1 unspecified atom stereocenters. The lowest BCUT2D eigenvalue weighted by Gasteiger charge is -2.09. The molecule has 1 fully saturated rings. The van der Waals surface area contributed by atoms with Gasteiger partial charge in [0.2, 0.25) is 0 Å². The zero-order valence-electron chi connectivity index (χ0n) is 8.14. The van der Waals surface area contributed by atoms with Crippen LogP contribution < -0.4 is 11.1 Å². The van der Waals surface area contributed by atoms with Crippen molar-refractivity contribution in [2.45, 2.75) is 12.5 Å². The van der Waals surface area contributed by atoms with Crippen LogP contribution >= 0.6 is 0 Å². The van der Waals surface area contributed by atoms with Crippen molar-refractivity contribution in [3.05, 3.63) is 18.1 Å². The molecule has 1 aromatic heterocycles. The second kappa shape index (κ2) is 4.22. The SMILES string of the molecule is Nc1cnc(C(=O)NC2CCOC2)cn1. The van der Waals surface area contributed by atoms with Crippen LogP contribution in [0, 0.1) is 0 Å². The number of nitrogens with two attached hydrogens (primary N) is 1. The fourth-order valence-corrected chi connectivity index (χ4v) is 1.36. The number of nitrogen functional groups attached to an aromatic ring is 1. The lowest BCUT2D eigenvalue weighted by atomic mass is 10.2. The summed E-state index contributed by atoms with van der Waals surface area (Å²) in [5.41, 5.74) is 5.64. The van der Waals surface area contributed by atoms with Gasteiger partial charge in [-0.05, 0) is 6.42 Å². The molecule has 0 aromatic carbocycles. The molecule has 15 heavy (non-hydrogen) atoms. The Morgan fingerprint density at radius 1 is 1.53 bits per heavy atom. The number of carbonyl (C=O) groups is 1. The molecule has 2 rings (SSSR count).